The number of anilines is 4. The van der Waals surface area contributed by atoms with Gasteiger partial charge in [0.2, 0.25) is 0 Å². The summed E-state index contributed by atoms with van der Waals surface area (Å²) in [6.07, 6.45) is -2.56. The van der Waals surface area contributed by atoms with Crippen molar-refractivity contribution in [2.75, 3.05) is 23.1 Å². The summed E-state index contributed by atoms with van der Waals surface area (Å²) in [4.78, 5) is 12.9. The van der Waals surface area contributed by atoms with E-state index < -0.39 is 31.4 Å². The molecule has 4 aromatic rings. The first-order valence-corrected chi connectivity index (χ1v) is 14.6. The number of aromatic nitrogens is 3. The molecule has 15 heteroatoms. The van der Waals surface area contributed by atoms with Crippen molar-refractivity contribution in [2.45, 2.75) is 22.9 Å². The molecule has 36 heavy (non-hydrogen) atoms. The average Bonchev–Trinajstić information content (AvgIpc) is 3.14. The Morgan fingerprint density at radius 2 is 1.42 bits per heavy atom. The van der Waals surface area contributed by atoms with Gasteiger partial charge in [-0.3, -0.25) is 0 Å². The Hall–Kier alpha value is -3.30. The molecule has 0 saturated heterocycles. The summed E-state index contributed by atoms with van der Waals surface area (Å²) in [5.74, 6) is 0.557. The molecule has 0 fully saturated rings. The largest absolute Gasteiger partial charge is 0.416 e. The van der Waals surface area contributed by atoms with Gasteiger partial charge in [0, 0.05) is 18.2 Å². The van der Waals surface area contributed by atoms with E-state index in [4.69, 9.17) is 0 Å². The van der Waals surface area contributed by atoms with Crippen molar-refractivity contribution in [1.82, 2.24) is 15.0 Å². The minimum Gasteiger partial charge on any atom is -0.338 e. The first kappa shape index (κ1) is 25.8. The second-order valence-electron chi connectivity index (χ2n) is 7.79. The summed E-state index contributed by atoms with van der Waals surface area (Å²) in [5, 5.41) is 5.87. The average molecular weight is 558 g/mol. The topological polar surface area (TPSA) is 131 Å². The van der Waals surface area contributed by atoms with E-state index >= 15 is 0 Å². The van der Waals surface area contributed by atoms with Crippen LogP contribution in [0.25, 0.3) is 10.3 Å². The van der Waals surface area contributed by atoms with Crippen molar-refractivity contribution in [3.05, 3.63) is 53.9 Å². The summed E-state index contributed by atoms with van der Waals surface area (Å²) in [5.41, 5.74) is -0.371. The molecule has 0 saturated carbocycles. The number of para-hydroxylation sites is 1. The fourth-order valence-electron chi connectivity index (χ4n) is 3.31. The molecular formula is C21H18F3N5O4S3. The Morgan fingerprint density at radius 1 is 0.833 bits per heavy atom. The van der Waals surface area contributed by atoms with Crippen LogP contribution in [0.2, 0.25) is 0 Å². The quantitative estimate of drug-likeness (QED) is 0.346. The van der Waals surface area contributed by atoms with Crippen molar-refractivity contribution >= 4 is 63.7 Å². The van der Waals surface area contributed by atoms with Gasteiger partial charge < -0.3 is 10.6 Å². The molecule has 9 nitrogen and oxygen atoms in total. The fourth-order valence-corrected chi connectivity index (χ4v) is 5.98. The zero-order valence-electron chi connectivity index (χ0n) is 18.9. The smallest absolute Gasteiger partial charge is 0.338 e. The van der Waals surface area contributed by atoms with Crippen LogP contribution < -0.4 is 10.6 Å². The summed E-state index contributed by atoms with van der Waals surface area (Å²) in [6.45, 7) is 1.62. The van der Waals surface area contributed by atoms with Crippen molar-refractivity contribution < 1.29 is 30.0 Å². The first-order valence-electron chi connectivity index (χ1n) is 10.0. The number of hydrogen-bond donors (Lipinski definition) is 2. The maximum Gasteiger partial charge on any atom is 0.416 e. The molecule has 2 heterocycles. The van der Waals surface area contributed by atoms with Gasteiger partial charge in [0.15, 0.2) is 35.5 Å². The molecule has 2 N–H and O–H groups in total. The standard InChI is InChI=1S/C21H18F3N5O4S3/c1-11-25-18(27-13-9-7-12(8-10-13)21(22,23)24)17-19(26-11)34-20(29-17)28-16-14(35(2,30)31)5-4-6-15(16)36(3,32)33/h4-10H,1-3H3,(H,28,29)(H,25,26,27). The van der Waals surface area contributed by atoms with Crippen LogP contribution in [0, 0.1) is 6.92 Å². The van der Waals surface area contributed by atoms with Crippen LogP contribution in [0.3, 0.4) is 0 Å². The minimum atomic E-state index is -4.47. The summed E-state index contributed by atoms with van der Waals surface area (Å²) < 4.78 is 87.9. The maximum absolute atomic E-state index is 12.9. The first-order chi connectivity index (χ1) is 16.6. The third-order valence-electron chi connectivity index (χ3n) is 4.86. The van der Waals surface area contributed by atoms with Crippen LogP contribution in [-0.4, -0.2) is 44.3 Å². The van der Waals surface area contributed by atoms with E-state index in [0.29, 0.717) is 16.3 Å². The highest BCUT2D eigenvalue weighted by Gasteiger charge is 2.30. The van der Waals surface area contributed by atoms with E-state index in [0.717, 1.165) is 36.0 Å². The minimum absolute atomic E-state index is 0.140. The second kappa shape index (κ2) is 8.97. The molecule has 190 valence electrons. The van der Waals surface area contributed by atoms with Gasteiger partial charge in [-0.05, 0) is 43.3 Å². The number of nitrogens with zero attached hydrogens (tertiary/aromatic N) is 3. The fraction of sp³-hybridized carbons (Fsp3) is 0.190. The van der Waals surface area contributed by atoms with Crippen LogP contribution in [0.4, 0.5) is 35.5 Å². The molecule has 0 bridgehead atoms. The van der Waals surface area contributed by atoms with E-state index in [2.05, 4.69) is 25.6 Å². The van der Waals surface area contributed by atoms with Crippen LogP contribution in [0.1, 0.15) is 11.4 Å². The van der Waals surface area contributed by atoms with Gasteiger partial charge >= 0.3 is 6.18 Å². The molecule has 0 amide bonds. The SMILES string of the molecule is Cc1nc(Nc2ccc(C(F)(F)F)cc2)c2nc(Nc3c(S(C)(=O)=O)cccc3S(C)(=O)=O)sc2n1. The molecular weight excluding hydrogens is 539 g/mol. The van der Waals surface area contributed by atoms with Gasteiger partial charge in [0.1, 0.15) is 11.3 Å². The molecule has 0 aliphatic heterocycles. The van der Waals surface area contributed by atoms with Crippen molar-refractivity contribution in [1.29, 1.82) is 0 Å². The Morgan fingerprint density at radius 3 is 1.94 bits per heavy atom. The molecule has 0 radical (unpaired) electrons. The van der Waals surface area contributed by atoms with Crippen LogP contribution in [0.15, 0.2) is 52.3 Å². The zero-order valence-corrected chi connectivity index (χ0v) is 21.3. The second-order valence-corrected chi connectivity index (χ2v) is 12.7. The Labute approximate surface area is 208 Å². The van der Waals surface area contributed by atoms with Crippen molar-refractivity contribution in [2.24, 2.45) is 0 Å². The van der Waals surface area contributed by atoms with Gasteiger partial charge in [-0.15, -0.1) is 0 Å². The zero-order chi connectivity index (χ0) is 26.5. The molecule has 0 aliphatic carbocycles. The lowest BCUT2D eigenvalue weighted by molar-refractivity contribution is -0.137. The van der Waals surface area contributed by atoms with Gasteiger partial charge in [-0.25, -0.2) is 31.8 Å². The van der Waals surface area contributed by atoms with Gasteiger partial charge in [0.25, 0.3) is 0 Å². The van der Waals surface area contributed by atoms with E-state index in [1.54, 1.807) is 6.92 Å². The molecule has 4 rings (SSSR count). The van der Waals surface area contributed by atoms with Crippen molar-refractivity contribution in [3.8, 4) is 0 Å². The Balaban J connectivity index is 1.77. The lowest BCUT2D eigenvalue weighted by Crippen LogP contribution is -2.08. The van der Waals surface area contributed by atoms with Crippen LogP contribution in [0.5, 0.6) is 0 Å². The van der Waals surface area contributed by atoms with E-state index in [1.807, 2.05) is 0 Å². The number of hydrogen-bond acceptors (Lipinski definition) is 10. The summed E-state index contributed by atoms with van der Waals surface area (Å²) in [6, 6.07) is 8.24. The molecule has 0 unspecified atom stereocenters. The Bertz CT molecular complexity index is 1630. The highest BCUT2D eigenvalue weighted by molar-refractivity contribution is 7.91. The van der Waals surface area contributed by atoms with Gasteiger partial charge in [-0.1, -0.05) is 17.4 Å². The predicted octanol–water partition coefficient (Wildman–Crippen LogP) is 4.71. The summed E-state index contributed by atoms with van der Waals surface area (Å²) in [7, 11) is -7.61. The number of nitrogens with one attached hydrogen (secondary N) is 2. The van der Waals surface area contributed by atoms with E-state index in [-0.39, 0.29) is 31.9 Å². The highest BCUT2D eigenvalue weighted by Crippen LogP contribution is 2.37. The molecule has 2 aromatic heterocycles. The monoisotopic (exact) mass is 557 g/mol. The number of sulfone groups is 2. The number of rotatable bonds is 6. The third-order valence-corrected chi connectivity index (χ3v) is 8.01. The van der Waals surface area contributed by atoms with Crippen molar-refractivity contribution in [3.63, 3.8) is 0 Å². The number of fused-ring (bicyclic) bond motifs is 1. The summed E-state index contributed by atoms with van der Waals surface area (Å²) >= 11 is 1.02. The van der Waals surface area contributed by atoms with Crippen LogP contribution in [-0.2, 0) is 25.9 Å². The molecule has 0 spiro atoms. The lowest BCUT2D eigenvalue weighted by Gasteiger charge is -2.13. The number of thiazole rings is 1. The highest BCUT2D eigenvalue weighted by atomic mass is 32.2. The molecule has 0 atom stereocenters. The Kier molecular flexibility index (Phi) is 6.43. The normalized spacial score (nSPS) is 12.6. The molecule has 0 aliphatic rings. The maximum atomic E-state index is 12.9. The molecule has 2 aromatic carbocycles. The number of aryl methyl sites for hydroxylation is 1. The van der Waals surface area contributed by atoms with Gasteiger partial charge in [-0.2, -0.15) is 13.2 Å². The van der Waals surface area contributed by atoms with Gasteiger partial charge in [0.05, 0.1) is 21.0 Å². The number of alkyl halides is 3. The van der Waals surface area contributed by atoms with E-state index in [1.165, 1.54) is 30.3 Å². The number of halogens is 3. The van der Waals surface area contributed by atoms with E-state index in [9.17, 15) is 30.0 Å². The predicted molar refractivity (Wildman–Crippen MR) is 131 cm³/mol. The lowest BCUT2D eigenvalue weighted by atomic mass is 10.2. The van der Waals surface area contributed by atoms with Crippen LogP contribution >= 0.6 is 11.3 Å². The third kappa shape index (κ3) is 5.42. The number of benzene rings is 2.